The van der Waals surface area contributed by atoms with E-state index in [0.717, 1.165) is 5.69 Å². The number of anilines is 2. The molecule has 0 spiro atoms. The molecule has 1 saturated carbocycles. The third-order valence-corrected chi connectivity index (χ3v) is 6.02. The van der Waals surface area contributed by atoms with Crippen LogP contribution in [0.2, 0.25) is 5.02 Å². The van der Waals surface area contributed by atoms with Crippen LogP contribution in [0, 0.1) is 0 Å². The smallest absolute Gasteiger partial charge is 0.339 e. The highest BCUT2D eigenvalue weighted by molar-refractivity contribution is 6.32. The molecule has 5 heteroatoms. The average molecular weight is 436 g/mol. The van der Waals surface area contributed by atoms with E-state index in [1.165, 1.54) is 44.8 Å². The fourth-order valence-electron chi connectivity index (χ4n) is 4.06. The highest BCUT2D eigenvalue weighted by Crippen LogP contribution is 2.37. The maximum absolute atomic E-state index is 11.9. The molecule has 0 heterocycles. The summed E-state index contributed by atoms with van der Waals surface area (Å²) in [4.78, 5) is 11.9. The van der Waals surface area contributed by atoms with E-state index in [1.54, 1.807) is 12.1 Å². The number of nitrogens with one attached hydrogen (secondary N) is 1. The molecule has 4 rings (SSSR count). The molecule has 1 aliphatic carbocycles. The number of hydrogen-bond acceptors (Lipinski definition) is 4. The fraction of sp³-hybridized carbons (Fsp3) is 0.269. The largest absolute Gasteiger partial charge is 0.465 e. The molecule has 0 saturated heterocycles. The van der Waals surface area contributed by atoms with Gasteiger partial charge >= 0.3 is 5.97 Å². The summed E-state index contributed by atoms with van der Waals surface area (Å²) >= 11 is 6.52. The predicted molar refractivity (Wildman–Crippen MR) is 125 cm³/mol. The lowest BCUT2D eigenvalue weighted by molar-refractivity contribution is 0.0602. The molecule has 3 aromatic carbocycles. The van der Waals surface area contributed by atoms with Crippen LogP contribution in [0.4, 0.5) is 11.4 Å². The minimum absolute atomic E-state index is 0.380. The van der Waals surface area contributed by atoms with Gasteiger partial charge in [0.05, 0.1) is 23.4 Å². The van der Waals surface area contributed by atoms with Crippen molar-refractivity contribution < 1.29 is 14.3 Å². The molecule has 1 N–H and O–H groups in total. The first-order valence-corrected chi connectivity index (χ1v) is 11.0. The van der Waals surface area contributed by atoms with Gasteiger partial charge in [0.1, 0.15) is 11.5 Å². The Labute approximate surface area is 188 Å². The summed E-state index contributed by atoms with van der Waals surface area (Å²) in [6, 6.07) is 20.9. The number of benzene rings is 3. The minimum Gasteiger partial charge on any atom is -0.465 e. The van der Waals surface area contributed by atoms with Gasteiger partial charge < -0.3 is 14.8 Å². The molecule has 160 valence electrons. The SMILES string of the molecule is COC(=O)c1ccccc1Nc1ccc(Oc2ccc(C3CCCCC3)cc2Cl)cc1. The molecule has 0 atom stereocenters. The van der Waals surface area contributed by atoms with E-state index in [0.29, 0.717) is 33.7 Å². The van der Waals surface area contributed by atoms with E-state index in [-0.39, 0.29) is 5.97 Å². The van der Waals surface area contributed by atoms with Crippen molar-refractivity contribution in [3.8, 4) is 11.5 Å². The molecular formula is C26H26ClNO3. The van der Waals surface area contributed by atoms with Gasteiger partial charge in [-0.25, -0.2) is 4.79 Å². The molecule has 0 aromatic heterocycles. The van der Waals surface area contributed by atoms with Crippen LogP contribution in [0.1, 0.15) is 53.9 Å². The summed E-state index contributed by atoms with van der Waals surface area (Å²) in [6.45, 7) is 0. The molecule has 1 aliphatic rings. The van der Waals surface area contributed by atoms with Crippen molar-refractivity contribution in [2.24, 2.45) is 0 Å². The van der Waals surface area contributed by atoms with Crippen molar-refractivity contribution in [1.82, 2.24) is 0 Å². The van der Waals surface area contributed by atoms with Gasteiger partial charge in [-0.3, -0.25) is 0 Å². The standard InChI is InChI=1S/C26H26ClNO3/c1-30-26(29)22-9-5-6-10-24(22)28-20-12-14-21(15-13-20)31-25-16-11-19(17-23(25)27)18-7-3-2-4-8-18/h5-6,9-18,28H,2-4,7-8H2,1H3. The van der Waals surface area contributed by atoms with E-state index >= 15 is 0 Å². The van der Waals surface area contributed by atoms with Crippen molar-refractivity contribution in [2.75, 3.05) is 12.4 Å². The van der Waals surface area contributed by atoms with Crippen LogP contribution in [0.25, 0.3) is 0 Å². The Balaban J connectivity index is 1.44. The summed E-state index contributed by atoms with van der Waals surface area (Å²) < 4.78 is 10.8. The lowest BCUT2D eigenvalue weighted by atomic mass is 9.84. The third kappa shape index (κ3) is 5.20. The summed E-state index contributed by atoms with van der Waals surface area (Å²) in [5.41, 5.74) is 3.31. The highest BCUT2D eigenvalue weighted by atomic mass is 35.5. The number of ether oxygens (including phenoxy) is 2. The molecule has 4 nitrogen and oxygen atoms in total. The molecule has 31 heavy (non-hydrogen) atoms. The maximum Gasteiger partial charge on any atom is 0.339 e. The van der Waals surface area contributed by atoms with Gasteiger partial charge in [-0.1, -0.05) is 49.1 Å². The lowest BCUT2D eigenvalue weighted by Gasteiger charge is -2.22. The lowest BCUT2D eigenvalue weighted by Crippen LogP contribution is -2.05. The van der Waals surface area contributed by atoms with Crippen molar-refractivity contribution in [1.29, 1.82) is 0 Å². The zero-order valence-electron chi connectivity index (χ0n) is 17.6. The fourth-order valence-corrected chi connectivity index (χ4v) is 4.29. The van der Waals surface area contributed by atoms with Gasteiger partial charge in [0.25, 0.3) is 0 Å². The molecule has 0 unspecified atom stereocenters. The normalized spacial score (nSPS) is 14.1. The van der Waals surface area contributed by atoms with E-state index < -0.39 is 0 Å². The van der Waals surface area contributed by atoms with Crippen LogP contribution in [-0.4, -0.2) is 13.1 Å². The van der Waals surface area contributed by atoms with E-state index in [9.17, 15) is 4.79 Å². The second-order valence-electron chi connectivity index (χ2n) is 7.81. The topological polar surface area (TPSA) is 47.6 Å². The quantitative estimate of drug-likeness (QED) is 0.403. The summed E-state index contributed by atoms with van der Waals surface area (Å²) in [5.74, 6) is 1.57. The number of carbonyl (C=O) groups is 1. The van der Waals surface area contributed by atoms with Gasteiger partial charge in [0.2, 0.25) is 0 Å². The zero-order chi connectivity index (χ0) is 21.6. The first-order valence-electron chi connectivity index (χ1n) is 10.7. The maximum atomic E-state index is 11.9. The van der Waals surface area contributed by atoms with Crippen LogP contribution in [0.5, 0.6) is 11.5 Å². The zero-order valence-corrected chi connectivity index (χ0v) is 18.3. The third-order valence-electron chi connectivity index (χ3n) is 5.73. The monoisotopic (exact) mass is 435 g/mol. The summed E-state index contributed by atoms with van der Waals surface area (Å²) in [5, 5.41) is 3.89. The molecule has 0 amide bonds. The van der Waals surface area contributed by atoms with Crippen LogP contribution < -0.4 is 10.1 Å². The van der Waals surface area contributed by atoms with Crippen LogP contribution in [-0.2, 0) is 4.74 Å². The number of rotatable bonds is 6. The molecule has 3 aromatic rings. The van der Waals surface area contributed by atoms with Gasteiger partial charge in [-0.15, -0.1) is 0 Å². The molecular weight excluding hydrogens is 410 g/mol. The Hall–Kier alpha value is -2.98. The number of methoxy groups -OCH3 is 1. The van der Waals surface area contributed by atoms with Gasteiger partial charge in [0.15, 0.2) is 0 Å². The number of esters is 1. The Kier molecular flexibility index (Phi) is 6.78. The van der Waals surface area contributed by atoms with E-state index in [1.807, 2.05) is 48.5 Å². The van der Waals surface area contributed by atoms with Crippen molar-refractivity contribution in [3.63, 3.8) is 0 Å². The van der Waals surface area contributed by atoms with Crippen molar-refractivity contribution in [2.45, 2.75) is 38.0 Å². The summed E-state index contributed by atoms with van der Waals surface area (Å²) in [6.07, 6.45) is 6.41. The minimum atomic E-state index is -0.380. The second kappa shape index (κ2) is 9.88. The van der Waals surface area contributed by atoms with Crippen LogP contribution >= 0.6 is 11.6 Å². The first kappa shape index (κ1) is 21.3. The number of hydrogen-bond donors (Lipinski definition) is 1. The Bertz CT molecular complexity index is 1040. The Morgan fingerprint density at radius 2 is 1.71 bits per heavy atom. The van der Waals surface area contributed by atoms with Gasteiger partial charge in [0, 0.05) is 5.69 Å². The second-order valence-corrected chi connectivity index (χ2v) is 8.22. The molecule has 0 radical (unpaired) electrons. The summed E-state index contributed by atoms with van der Waals surface area (Å²) in [7, 11) is 1.37. The Morgan fingerprint density at radius 1 is 0.968 bits per heavy atom. The van der Waals surface area contributed by atoms with E-state index in [4.69, 9.17) is 21.1 Å². The van der Waals surface area contributed by atoms with E-state index in [2.05, 4.69) is 11.4 Å². The average Bonchev–Trinajstić information content (AvgIpc) is 2.82. The van der Waals surface area contributed by atoms with Crippen molar-refractivity contribution >= 4 is 28.9 Å². The van der Waals surface area contributed by atoms with Crippen LogP contribution in [0.3, 0.4) is 0 Å². The molecule has 0 aliphatic heterocycles. The number of halogens is 1. The number of para-hydroxylation sites is 1. The first-order chi connectivity index (χ1) is 15.1. The van der Waals surface area contributed by atoms with Crippen molar-refractivity contribution in [3.05, 3.63) is 82.9 Å². The highest BCUT2D eigenvalue weighted by Gasteiger charge is 2.17. The van der Waals surface area contributed by atoms with Gasteiger partial charge in [-0.05, 0) is 72.9 Å². The number of carbonyl (C=O) groups excluding carboxylic acids is 1. The molecule has 1 fully saturated rings. The van der Waals surface area contributed by atoms with Gasteiger partial charge in [-0.2, -0.15) is 0 Å². The Morgan fingerprint density at radius 3 is 2.42 bits per heavy atom. The van der Waals surface area contributed by atoms with Crippen LogP contribution in [0.15, 0.2) is 66.7 Å². The predicted octanol–water partition coefficient (Wildman–Crippen LogP) is 7.71. The molecule has 0 bridgehead atoms.